The molecule has 104 valence electrons. The summed E-state index contributed by atoms with van der Waals surface area (Å²) in [6.07, 6.45) is 2.10. The molecular formula is C12H22N2O4. The van der Waals surface area contributed by atoms with Gasteiger partial charge in [0, 0.05) is 26.2 Å². The summed E-state index contributed by atoms with van der Waals surface area (Å²) in [5.74, 6) is -0.973. The lowest BCUT2D eigenvalue weighted by Crippen LogP contribution is -2.45. The number of hydrogen-bond acceptors (Lipinski definition) is 3. The van der Waals surface area contributed by atoms with Crippen molar-refractivity contribution in [3.05, 3.63) is 0 Å². The first kappa shape index (κ1) is 14.8. The number of carbonyl (C=O) groups is 2. The van der Waals surface area contributed by atoms with Crippen LogP contribution in [0.25, 0.3) is 0 Å². The van der Waals surface area contributed by atoms with Gasteiger partial charge in [0.2, 0.25) is 0 Å². The molecule has 1 fully saturated rings. The second-order valence-corrected chi connectivity index (χ2v) is 4.87. The van der Waals surface area contributed by atoms with E-state index in [1.807, 2.05) is 0 Å². The third-order valence-electron chi connectivity index (χ3n) is 3.44. The second kappa shape index (κ2) is 7.20. The number of carboxylic acids is 1. The van der Waals surface area contributed by atoms with Crippen molar-refractivity contribution < 1.29 is 19.8 Å². The Morgan fingerprint density at radius 2 is 2.00 bits per heavy atom. The maximum absolute atomic E-state index is 11.7. The van der Waals surface area contributed by atoms with E-state index in [0.29, 0.717) is 32.0 Å². The highest BCUT2D eigenvalue weighted by atomic mass is 16.4. The third kappa shape index (κ3) is 4.52. The molecule has 1 unspecified atom stereocenters. The van der Waals surface area contributed by atoms with Crippen LogP contribution in [0.2, 0.25) is 0 Å². The zero-order chi connectivity index (χ0) is 13.5. The van der Waals surface area contributed by atoms with E-state index < -0.39 is 11.9 Å². The van der Waals surface area contributed by atoms with E-state index in [1.165, 1.54) is 0 Å². The molecule has 0 spiro atoms. The maximum atomic E-state index is 11.7. The molecule has 0 aromatic heterocycles. The number of carboxylic acid groups (broad SMARTS) is 1. The number of aliphatic hydroxyl groups is 1. The minimum Gasteiger partial charge on any atom is -0.481 e. The molecule has 1 saturated heterocycles. The Bertz CT molecular complexity index is 288. The van der Waals surface area contributed by atoms with Gasteiger partial charge in [-0.1, -0.05) is 6.92 Å². The van der Waals surface area contributed by atoms with Crippen LogP contribution in [0.15, 0.2) is 0 Å². The van der Waals surface area contributed by atoms with Crippen molar-refractivity contribution in [3.8, 4) is 0 Å². The Kier molecular flexibility index (Phi) is 5.91. The molecule has 1 atom stereocenters. The van der Waals surface area contributed by atoms with Crippen molar-refractivity contribution >= 4 is 12.0 Å². The minimum atomic E-state index is -0.840. The smallest absolute Gasteiger partial charge is 0.317 e. The van der Waals surface area contributed by atoms with Gasteiger partial charge < -0.3 is 20.4 Å². The van der Waals surface area contributed by atoms with E-state index in [2.05, 4.69) is 5.32 Å². The molecule has 1 aliphatic heterocycles. The number of carbonyl (C=O) groups excluding carboxylic acids is 1. The minimum absolute atomic E-state index is 0.135. The van der Waals surface area contributed by atoms with Crippen molar-refractivity contribution in [3.63, 3.8) is 0 Å². The number of piperidine rings is 1. The summed E-state index contributed by atoms with van der Waals surface area (Å²) >= 11 is 0. The number of hydrogen-bond donors (Lipinski definition) is 3. The first-order chi connectivity index (χ1) is 8.54. The Morgan fingerprint density at radius 1 is 1.39 bits per heavy atom. The van der Waals surface area contributed by atoms with E-state index in [4.69, 9.17) is 10.2 Å². The normalized spacial score (nSPS) is 18.4. The van der Waals surface area contributed by atoms with E-state index in [-0.39, 0.29) is 12.6 Å². The maximum Gasteiger partial charge on any atom is 0.317 e. The molecule has 1 rings (SSSR count). The number of rotatable bonds is 5. The summed E-state index contributed by atoms with van der Waals surface area (Å²) in [7, 11) is 0. The lowest BCUT2D eigenvalue weighted by atomic mass is 9.98. The molecule has 2 amide bonds. The lowest BCUT2D eigenvalue weighted by Gasteiger charge is -2.31. The highest BCUT2D eigenvalue weighted by Crippen LogP contribution is 2.16. The number of nitrogens with zero attached hydrogens (tertiary/aromatic N) is 1. The Morgan fingerprint density at radius 3 is 2.50 bits per heavy atom. The van der Waals surface area contributed by atoms with Gasteiger partial charge in [-0.2, -0.15) is 0 Å². The lowest BCUT2D eigenvalue weighted by molar-refractivity contribution is -0.141. The van der Waals surface area contributed by atoms with Crippen LogP contribution >= 0.6 is 0 Å². The summed E-state index contributed by atoms with van der Waals surface area (Å²) in [5, 5.41) is 20.4. The fourth-order valence-electron chi connectivity index (χ4n) is 1.95. The molecule has 0 aromatic carbocycles. The van der Waals surface area contributed by atoms with Gasteiger partial charge in [-0.3, -0.25) is 4.79 Å². The molecule has 0 saturated carbocycles. The van der Waals surface area contributed by atoms with Crippen LogP contribution < -0.4 is 5.32 Å². The van der Waals surface area contributed by atoms with Gasteiger partial charge in [0.25, 0.3) is 0 Å². The average Bonchev–Trinajstić information content (AvgIpc) is 2.38. The molecular weight excluding hydrogens is 236 g/mol. The van der Waals surface area contributed by atoms with Crippen LogP contribution in [0.1, 0.15) is 26.2 Å². The predicted molar refractivity (Wildman–Crippen MR) is 66.2 cm³/mol. The summed E-state index contributed by atoms with van der Waals surface area (Å²) in [4.78, 5) is 24.1. The average molecular weight is 258 g/mol. The van der Waals surface area contributed by atoms with Crippen molar-refractivity contribution in [1.29, 1.82) is 0 Å². The molecule has 6 heteroatoms. The second-order valence-electron chi connectivity index (χ2n) is 4.87. The van der Waals surface area contributed by atoms with Gasteiger partial charge in [-0.05, 0) is 25.2 Å². The molecule has 1 heterocycles. The van der Waals surface area contributed by atoms with Crippen molar-refractivity contribution in [2.75, 3.05) is 26.2 Å². The Balaban J connectivity index is 2.19. The van der Waals surface area contributed by atoms with E-state index in [9.17, 15) is 9.59 Å². The van der Waals surface area contributed by atoms with Crippen LogP contribution in [0.4, 0.5) is 4.79 Å². The van der Waals surface area contributed by atoms with Crippen LogP contribution in [-0.4, -0.2) is 53.4 Å². The SMILES string of the molecule is CC(CCNC(=O)N1CCC(CO)CC1)C(=O)O. The number of nitrogens with one attached hydrogen (secondary N) is 1. The van der Waals surface area contributed by atoms with Gasteiger partial charge in [0.1, 0.15) is 0 Å². The standard InChI is InChI=1S/C12H22N2O4/c1-9(11(16)17)2-5-13-12(18)14-6-3-10(8-15)4-7-14/h9-10,15H,2-8H2,1H3,(H,13,18)(H,16,17). The van der Waals surface area contributed by atoms with E-state index >= 15 is 0 Å². The molecule has 0 aliphatic carbocycles. The van der Waals surface area contributed by atoms with Gasteiger partial charge in [0.05, 0.1) is 5.92 Å². The number of urea groups is 1. The van der Waals surface area contributed by atoms with E-state index in [0.717, 1.165) is 12.8 Å². The molecule has 6 nitrogen and oxygen atoms in total. The molecule has 1 aliphatic rings. The van der Waals surface area contributed by atoms with Gasteiger partial charge in [-0.15, -0.1) is 0 Å². The number of amides is 2. The summed E-state index contributed by atoms with van der Waals surface area (Å²) in [6, 6.07) is -0.135. The van der Waals surface area contributed by atoms with Gasteiger partial charge in [0.15, 0.2) is 0 Å². The molecule has 0 bridgehead atoms. The quantitative estimate of drug-likeness (QED) is 0.670. The van der Waals surface area contributed by atoms with Crippen LogP contribution in [0, 0.1) is 11.8 Å². The fraction of sp³-hybridized carbons (Fsp3) is 0.833. The Hall–Kier alpha value is -1.30. The highest BCUT2D eigenvalue weighted by molar-refractivity contribution is 5.74. The number of aliphatic carboxylic acids is 1. The number of likely N-dealkylation sites (tertiary alicyclic amines) is 1. The van der Waals surface area contributed by atoms with Crippen molar-refractivity contribution in [2.45, 2.75) is 26.2 Å². The fourth-order valence-corrected chi connectivity index (χ4v) is 1.95. The predicted octanol–water partition coefficient (Wildman–Crippen LogP) is 0.511. The molecule has 0 aromatic rings. The zero-order valence-corrected chi connectivity index (χ0v) is 10.8. The van der Waals surface area contributed by atoms with Crippen molar-refractivity contribution in [2.24, 2.45) is 11.8 Å². The molecule has 3 N–H and O–H groups in total. The number of aliphatic hydroxyl groups excluding tert-OH is 1. The van der Waals surface area contributed by atoms with Crippen molar-refractivity contribution in [1.82, 2.24) is 10.2 Å². The topological polar surface area (TPSA) is 89.9 Å². The molecule has 0 radical (unpaired) electrons. The van der Waals surface area contributed by atoms with Crippen LogP contribution in [-0.2, 0) is 4.79 Å². The van der Waals surface area contributed by atoms with Gasteiger partial charge in [-0.25, -0.2) is 4.79 Å². The highest BCUT2D eigenvalue weighted by Gasteiger charge is 2.22. The monoisotopic (exact) mass is 258 g/mol. The third-order valence-corrected chi connectivity index (χ3v) is 3.44. The Labute approximate surface area is 107 Å². The van der Waals surface area contributed by atoms with E-state index in [1.54, 1.807) is 11.8 Å². The summed E-state index contributed by atoms with van der Waals surface area (Å²) < 4.78 is 0. The van der Waals surface area contributed by atoms with Crippen LogP contribution in [0.3, 0.4) is 0 Å². The van der Waals surface area contributed by atoms with Gasteiger partial charge >= 0.3 is 12.0 Å². The summed E-state index contributed by atoms with van der Waals surface area (Å²) in [5.41, 5.74) is 0. The first-order valence-electron chi connectivity index (χ1n) is 6.41. The van der Waals surface area contributed by atoms with Crippen LogP contribution in [0.5, 0.6) is 0 Å². The first-order valence-corrected chi connectivity index (χ1v) is 6.41. The molecule has 18 heavy (non-hydrogen) atoms. The summed E-state index contributed by atoms with van der Waals surface area (Å²) in [6.45, 7) is 3.51. The largest absolute Gasteiger partial charge is 0.481 e. The zero-order valence-electron chi connectivity index (χ0n) is 10.8.